The molecule has 8 nitrogen and oxygen atoms in total. The number of thiazole rings is 1. The number of amides is 2. The molecule has 0 radical (unpaired) electrons. The SMILES string of the molecule is O=C(Cn1cc(C(=O)Nc2ccccc2CN2CCCC2)ccc1=O)Nc1nccs1. The number of benzene rings is 1. The van der Waals surface area contributed by atoms with E-state index in [1.54, 1.807) is 11.6 Å². The van der Waals surface area contributed by atoms with E-state index in [2.05, 4.69) is 20.5 Å². The van der Waals surface area contributed by atoms with Crippen molar-refractivity contribution < 1.29 is 9.59 Å². The number of likely N-dealkylation sites (tertiary alicyclic amines) is 1. The molecular weight excluding hydrogens is 414 g/mol. The first-order chi connectivity index (χ1) is 15.1. The van der Waals surface area contributed by atoms with Crippen LogP contribution in [0.2, 0.25) is 0 Å². The summed E-state index contributed by atoms with van der Waals surface area (Å²) in [5, 5.41) is 7.78. The molecule has 0 saturated carbocycles. The van der Waals surface area contributed by atoms with E-state index >= 15 is 0 Å². The molecule has 2 amide bonds. The fraction of sp³-hybridized carbons (Fsp3) is 0.273. The van der Waals surface area contributed by atoms with E-state index in [4.69, 9.17) is 0 Å². The van der Waals surface area contributed by atoms with Crippen LogP contribution in [0.15, 0.2) is 59.0 Å². The third kappa shape index (κ3) is 5.44. The molecule has 0 unspecified atom stereocenters. The number of rotatable bonds is 7. The van der Waals surface area contributed by atoms with Gasteiger partial charge >= 0.3 is 0 Å². The fourth-order valence-electron chi connectivity index (χ4n) is 3.54. The first-order valence-corrected chi connectivity index (χ1v) is 11.0. The maximum absolute atomic E-state index is 12.9. The number of pyridine rings is 1. The minimum Gasteiger partial charge on any atom is -0.322 e. The van der Waals surface area contributed by atoms with Crippen molar-refractivity contribution in [2.45, 2.75) is 25.9 Å². The Kier molecular flexibility index (Phi) is 6.54. The molecule has 3 heterocycles. The standard InChI is InChI=1S/C22H23N5O3S/c28-19(25-22-23-9-12-31-22)15-27-14-17(7-8-20(27)29)21(30)24-18-6-2-1-5-16(18)13-26-10-3-4-11-26/h1-2,5-9,12,14H,3-4,10-11,13,15H2,(H,24,30)(H,23,25,28). The Morgan fingerprint density at radius 3 is 2.65 bits per heavy atom. The van der Waals surface area contributed by atoms with Crippen LogP contribution in [0, 0.1) is 0 Å². The van der Waals surface area contributed by atoms with Gasteiger partial charge in [0.15, 0.2) is 5.13 Å². The van der Waals surface area contributed by atoms with Gasteiger partial charge in [0.2, 0.25) is 5.91 Å². The van der Waals surface area contributed by atoms with E-state index in [1.165, 1.54) is 47.1 Å². The van der Waals surface area contributed by atoms with Gasteiger partial charge in [-0.05, 0) is 43.6 Å². The Balaban J connectivity index is 1.46. The van der Waals surface area contributed by atoms with Gasteiger partial charge in [0, 0.05) is 36.1 Å². The number of hydrogen-bond donors (Lipinski definition) is 2. The largest absolute Gasteiger partial charge is 0.322 e. The quantitative estimate of drug-likeness (QED) is 0.593. The molecule has 3 aromatic rings. The number of para-hydroxylation sites is 1. The van der Waals surface area contributed by atoms with E-state index in [9.17, 15) is 14.4 Å². The van der Waals surface area contributed by atoms with Crippen LogP contribution in [0.5, 0.6) is 0 Å². The highest BCUT2D eigenvalue weighted by molar-refractivity contribution is 7.13. The highest BCUT2D eigenvalue weighted by atomic mass is 32.1. The molecule has 1 aromatic carbocycles. The number of carbonyl (C=O) groups excluding carboxylic acids is 2. The minimum atomic E-state index is -0.384. The van der Waals surface area contributed by atoms with Crippen LogP contribution in [0.25, 0.3) is 0 Å². The van der Waals surface area contributed by atoms with Crippen LogP contribution in [0.4, 0.5) is 10.8 Å². The van der Waals surface area contributed by atoms with Gasteiger partial charge in [0.1, 0.15) is 6.54 Å². The molecule has 1 fully saturated rings. The maximum atomic E-state index is 12.9. The normalized spacial score (nSPS) is 13.8. The average molecular weight is 438 g/mol. The van der Waals surface area contributed by atoms with Crippen molar-refractivity contribution in [1.82, 2.24) is 14.5 Å². The van der Waals surface area contributed by atoms with Crippen LogP contribution >= 0.6 is 11.3 Å². The minimum absolute atomic E-state index is 0.203. The second-order valence-electron chi connectivity index (χ2n) is 7.36. The van der Waals surface area contributed by atoms with Gasteiger partial charge in [-0.2, -0.15) is 0 Å². The molecule has 2 aromatic heterocycles. The Bertz CT molecular complexity index is 1120. The van der Waals surface area contributed by atoms with E-state index in [1.807, 2.05) is 24.3 Å². The lowest BCUT2D eigenvalue weighted by Crippen LogP contribution is -2.28. The van der Waals surface area contributed by atoms with Gasteiger partial charge in [-0.25, -0.2) is 4.98 Å². The second-order valence-corrected chi connectivity index (χ2v) is 8.26. The maximum Gasteiger partial charge on any atom is 0.257 e. The van der Waals surface area contributed by atoms with Crippen LogP contribution in [0.1, 0.15) is 28.8 Å². The Labute approximate surface area is 183 Å². The summed E-state index contributed by atoms with van der Waals surface area (Å²) >= 11 is 1.29. The van der Waals surface area contributed by atoms with Gasteiger partial charge in [-0.1, -0.05) is 18.2 Å². The van der Waals surface area contributed by atoms with Gasteiger partial charge in [-0.3, -0.25) is 19.3 Å². The Morgan fingerprint density at radius 2 is 1.87 bits per heavy atom. The number of hydrogen-bond acceptors (Lipinski definition) is 6. The van der Waals surface area contributed by atoms with Crippen molar-refractivity contribution in [3.8, 4) is 0 Å². The van der Waals surface area contributed by atoms with Gasteiger partial charge in [0.05, 0.1) is 5.56 Å². The molecule has 4 rings (SSSR count). The van der Waals surface area contributed by atoms with Crippen LogP contribution in [0.3, 0.4) is 0 Å². The summed E-state index contributed by atoms with van der Waals surface area (Å²) in [6, 6.07) is 10.5. The van der Waals surface area contributed by atoms with Crippen LogP contribution in [-0.4, -0.2) is 39.4 Å². The number of carbonyl (C=O) groups is 2. The molecule has 0 bridgehead atoms. The Hall–Kier alpha value is -3.30. The lowest BCUT2D eigenvalue weighted by Gasteiger charge is -2.18. The van der Waals surface area contributed by atoms with Gasteiger partial charge in [0.25, 0.3) is 11.5 Å². The van der Waals surface area contributed by atoms with E-state index in [0.29, 0.717) is 10.7 Å². The molecule has 1 aliphatic heterocycles. The predicted molar refractivity (Wildman–Crippen MR) is 120 cm³/mol. The number of nitrogens with zero attached hydrogens (tertiary/aromatic N) is 3. The zero-order valence-corrected chi connectivity index (χ0v) is 17.7. The van der Waals surface area contributed by atoms with Gasteiger partial charge in [-0.15, -0.1) is 11.3 Å². The number of nitrogens with one attached hydrogen (secondary N) is 2. The summed E-state index contributed by atoms with van der Waals surface area (Å²) in [6.45, 7) is 2.71. The summed E-state index contributed by atoms with van der Waals surface area (Å²) < 4.78 is 1.22. The third-order valence-corrected chi connectivity index (χ3v) is 5.79. The molecule has 2 N–H and O–H groups in total. The monoisotopic (exact) mass is 437 g/mol. The lowest BCUT2D eigenvalue weighted by molar-refractivity contribution is -0.116. The fourth-order valence-corrected chi connectivity index (χ4v) is 4.09. The number of anilines is 2. The average Bonchev–Trinajstić information content (AvgIpc) is 3.45. The third-order valence-electron chi connectivity index (χ3n) is 5.10. The van der Waals surface area contributed by atoms with Crippen molar-refractivity contribution >= 4 is 34.0 Å². The number of aromatic nitrogens is 2. The Morgan fingerprint density at radius 1 is 1.06 bits per heavy atom. The first-order valence-electron chi connectivity index (χ1n) is 10.1. The summed E-state index contributed by atoms with van der Waals surface area (Å²) in [5.74, 6) is -0.714. The molecule has 0 atom stereocenters. The second kappa shape index (κ2) is 9.67. The van der Waals surface area contributed by atoms with E-state index in [-0.39, 0.29) is 23.9 Å². The summed E-state index contributed by atoms with van der Waals surface area (Å²) in [6.07, 6.45) is 5.39. The van der Waals surface area contributed by atoms with Crippen molar-refractivity contribution in [3.05, 3.63) is 75.7 Å². The van der Waals surface area contributed by atoms with Gasteiger partial charge < -0.3 is 15.2 Å². The summed E-state index contributed by atoms with van der Waals surface area (Å²) in [5.41, 5.74) is 1.74. The zero-order valence-electron chi connectivity index (χ0n) is 16.9. The molecule has 0 aliphatic carbocycles. The van der Waals surface area contributed by atoms with Crippen LogP contribution < -0.4 is 16.2 Å². The highest BCUT2D eigenvalue weighted by Crippen LogP contribution is 2.20. The predicted octanol–water partition coefficient (Wildman–Crippen LogP) is 2.79. The molecule has 0 spiro atoms. The molecule has 1 aliphatic rings. The van der Waals surface area contributed by atoms with E-state index < -0.39 is 0 Å². The molecule has 1 saturated heterocycles. The van der Waals surface area contributed by atoms with E-state index in [0.717, 1.165) is 30.9 Å². The molecular formula is C22H23N5O3S. The molecule has 31 heavy (non-hydrogen) atoms. The smallest absolute Gasteiger partial charge is 0.257 e. The van der Waals surface area contributed by atoms with Crippen molar-refractivity contribution in [3.63, 3.8) is 0 Å². The molecule has 160 valence electrons. The highest BCUT2D eigenvalue weighted by Gasteiger charge is 2.16. The van der Waals surface area contributed by atoms with Crippen LogP contribution in [-0.2, 0) is 17.9 Å². The topological polar surface area (TPSA) is 96.3 Å². The zero-order chi connectivity index (χ0) is 21.6. The lowest BCUT2D eigenvalue weighted by atomic mass is 10.1. The van der Waals surface area contributed by atoms with Crippen molar-refractivity contribution in [1.29, 1.82) is 0 Å². The first kappa shape index (κ1) is 21.0. The molecule has 9 heteroatoms. The summed E-state index contributed by atoms with van der Waals surface area (Å²) in [4.78, 5) is 43.6. The van der Waals surface area contributed by atoms with Crippen molar-refractivity contribution in [2.75, 3.05) is 23.7 Å². The summed E-state index contributed by atoms with van der Waals surface area (Å²) in [7, 11) is 0. The van der Waals surface area contributed by atoms with Crippen molar-refractivity contribution in [2.24, 2.45) is 0 Å².